The van der Waals surface area contributed by atoms with Crippen molar-refractivity contribution in [3.8, 4) is 0 Å². The molecule has 39 heavy (non-hydrogen) atoms. The maximum absolute atomic E-state index is 13.8. The predicted octanol–water partition coefficient (Wildman–Crippen LogP) is 5.08. The molecule has 0 spiro atoms. The highest BCUT2D eigenvalue weighted by atomic mass is 19.4. The van der Waals surface area contributed by atoms with Crippen LogP contribution in [0.2, 0.25) is 0 Å². The number of aromatic nitrogens is 2. The van der Waals surface area contributed by atoms with Crippen molar-refractivity contribution in [3.63, 3.8) is 0 Å². The van der Waals surface area contributed by atoms with E-state index in [4.69, 9.17) is 5.73 Å². The molecular weight excluding hydrogens is 505 g/mol. The van der Waals surface area contributed by atoms with E-state index in [-0.39, 0.29) is 36.6 Å². The average Bonchev–Trinajstić information content (AvgIpc) is 2.94. The van der Waals surface area contributed by atoms with Gasteiger partial charge in [0.2, 0.25) is 11.9 Å². The first-order valence-corrected chi connectivity index (χ1v) is 12.6. The van der Waals surface area contributed by atoms with Crippen molar-refractivity contribution in [1.82, 2.24) is 14.5 Å². The predicted molar refractivity (Wildman–Crippen MR) is 142 cm³/mol. The minimum absolute atomic E-state index is 0.0248. The molecule has 1 aliphatic heterocycles. The van der Waals surface area contributed by atoms with Gasteiger partial charge in [-0.15, -0.1) is 0 Å². The SMILES string of the molecule is Nc1nc2c(c(=O)n1C(c1ccccc1)c1ccccc1)CCN(C(=O)CC(c1ccccc1)C(F)(F)F)C2. The number of nitrogen functional groups attached to an aromatic ring is 1. The molecule has 6 nitrogen and oxygen atoms in total. The second kappa shape index (κ2) is 10.8. The number of benzene rings is 3. The Morgan fingerprint density at radius 1 is 0.872 bits per heavy atom. The van der Waals surface area contributed by atoms with Gasteiger partial charge in [0.25, 0.3) is 5.56 Å². The van der Waals surface area contributed by atoms with Crippen LogP contribution in [0.4, 0.5) is 19.1 Å². The minimum Gasteiger partial charge on any atom is -0.369 e. The molecule has 1 atom stereocenters. The van der Waals surface area contributed by atoms with Crippen LogP contribution >= 0.6 is 0 Å². The van der Waals surface area contributed by atoms with E-state index in [1.54, 1.807) is 6.07 Å². The first-order chi connectivity index (χ1) is 18.7. The zero-order valence-electron chi connectivity index (χ0n) is 21.0. The number of fused-ring (bicyclic) bond motifs is 1. The van der Waals surface area contributed by atoms with E-state index in [0.717, 1.165) is 11.1 Å². The summed E-state index contributed by atoms with van der Waals surface area (Å²) >= 11 is 0. The van der Waals surface area contributed by atoms with Gasteiger partial charge in [-0.1, -0.05) is 91.0 Å². The molecule has 9 heteroatoms. The summed E-state index contributed by atoms with van der Waals surface area (Å²) in [4.78, 5) is 32.6. The van der Waals surface area contributed by atoms with Gasteiger partial charge < -0.3 is 10.6 Å². The molecule has 0 radical (unpaired) electrons. The van der Waals surface area contributed by atoms with Crippen molar-refractivity contribution < 1.29 is 18.0 Å². The molecule has 1 aliphatic rings. The molecule has 3 aromatic carbocycles. The second-order valence-electron chi connectivity index (χ2n) is 9.57. The van der Waals surface area contributed by atoms with Gasteiger partial charge in [0.1, 0.15) is 0 Å². The second-order valence-corrected chi connectivity index (χ2v) is 9.57. The Labute approximate surface area is 223 Å². The number of halogens is 3. The largest absolute Gasteiger partial charge is 0.396 e. The number of hydrogen-bond donors (Lipinski definition) is 1. The average molecular weight is 533 g/mol. The topological polar surface area (TPSA) is 81.2 Å². The van der Waals surface area contributed by atoms with Crippen molar-refractivity contribution in [3.05, 3.63) is 129 Å². The fraction of sp³-hybridized carbons (Fsp3) is 0.233. The lowest BCUT2D eigenvalue weighted by Crippen LogP contribution is -2.43. The molecule has 2 N–H and O–H groups in total. The maximum Gasteiger partial charge on any atom is 0.396 e. The van der Waals surface area contributed by atoms with Crippen molar-refractivity contribution >= 4 is 11.9 Å². The van der Waals surface area contributed by atoms with Crippen LogP contribution in [0.1, 0.15) is 46.3 Å². The van der Waals surface area contributed by atoms with Crippen LogP contribution in [0.25, 0.3) is 0 Å². The van der Waals surface area contributed by atoms with Crippen molar-refractivity contribution in [2.45, 2.75) is 37.5 Å². The van der Waals surface area contributed by atoms with Crippen LogP contribution < -0.4 is 11.3 Å². The summed E-state index contributed by atoms with van der Waals surface area (Å²) in [6.45, 7) is 0.0442. The molecule has 2 heterocycles. The van der Waals surface area contributed by atoms with Crippen LogP contribution in [0.15, 0.2) is 95.8 Å². The summed E-state index contributed by atoms with van der Waals surface area (Å²) in [5.74, 6) is -2.60. The molecule has 0 saturated carbocycles. The van der Waals surface area contributed by atoms with Gasteiger partial charge in [-0.2, -0.15) is 13.2 Å². The molecule has 1 unspecified atom stereocenters. The summed E-state index contributed by atoms with van der Waals surface area (Å²) in [6, 6.07) is 25.8. The molecular formula is C30H27F3N4O2. The minimum atomic E-state index is -4.58. The van der Waals surface area contributed by atoms with Gasteiger partial charge in [0.15, 0.2) is 0 Å². The Morgan fingerprint density at radius 2 is 1.38 bits per heavy atom. The van der Waals surface area contributed by atoms with Gasteiger partial charge in [0.05, 0.1) is 24.2 Å². The van der Waals surface area contributed by atoms with E-state index in [9.17, 15) is 22.8 Å². The first-order valence-electron chi connectivity index (χ1n) is 12.6. The molecule has 0 fully saturated rings. The molecule has 1 amide bonds. The highest BCUT2D eigenvalue weighted by molar-refractivity contribution is 5.77. The third kappa shape index (κ3) is 5.43. The van der Waals surface area contributed by atoms with Crippen molar-refractivity contribution in [2.75, 3.05) is 12.3 Å². The molecule has 5 rings (SSSR count). The normalized spacial score (nSPS) is 14.2. The zero-order valence-corrected chi connectivity index (χ0v) is 21.0. The van der Waals surface area contributed by atoms with Gasteiger partial charge in [-0.25, -0.2) is 4.98 Å². The molecule has 0 saturated heterocycles. The lowest BCUT2D eigenvalue weighted by Gasteiger charge is -2.31. The van der Waals surface area contributed by atoms with Gasteiger partial charge in [-0.05, 0) is 23.1 Å². The number of carbonyl (C=O) groups is 1. The van der Waals surface area contributed by atoms with Crippen LogP contribution in [0, 0.1) is 0 Å². The Morgan fingerprint density at radius 3 is 1.90 bits per heavy atom. The van der Waals surface area contributed by atoms with E-state index in [1.165, 1.54) is 33.7 Å². The molecule has 1 aromatic heterocycles. The number of carbonyl (C=O) groups excluding carboxylic acids is 1. The number of alkyl halides is 3. The van der Waals surface area contributed by atoms with E-state index in [0.29, 0.717) is 11.3 Å². The number of anilines is 1. The van der Waals surface area contributed by atoms with Crippen molar-refractivity contribution in [2.24, 2.45) is 0 Å². The van der Waals surface area contributed by atoms with Crippen LogP contribution in [-0.2, 0) is 17.8 Å². The summed E-state index contributed by atoms with van der Waals surface area (Å²) in [7, 11) is 0. The quantitative estimate of drug-likeness (QED) is 0.375. The summed E-state index contributed by atoms with van der Waals surface area (Å²) in [6.07, 6.45) is -5.13. The molecule has 200 valence electrons. The molecule has 0 aliphatic carbocycles. The lowest BCUT2D eigenvalue weighted by atomic mass is 9.94. The Hall–Kier alpha value is -4.40. The molecule has 0 bridgehead atoms. The maximum atomic E-state index is 13.8. The number of hydrogen-bond acceptors (Lipinski definition) is 4. The number of amides is 1. The van der Waals surface area contributed by atoms with Crippen LogP contribution in [0.5, 0.6) is 0 Å². The summed E-state index contributed by atoms with van der Waals surface area (Å²) in [5.41, 5.74) is 8.51. The summed E-state index contributed by atoms with van der Waals surface area (Å²) < 4.78 is 43.0. The van der Waals surface area contributed by atoms with Crippen LogP contribution in [0.3, 0.4) is 0 Å². The van der Waals surface area contributed by atoms with Gasteiger partial charge >= 0.3 is 6.18 Å². The highest BCUT2D eigenvalue weighted by Crippen LogP contribution is 2.38. The van der Waals surface area contributed by atoms with Gasteiger partial charge in [-0.3, -0.25) is 14.2 Å². The molecule has 4 aromatic rings. The monoisotopic (exact) mass is 532 g/mol. The van der Waals surface area contributed by atoms with E-state index in [1.807, 2.05) is 60.7 Å². The van der Waals surface area contributed by atoms with E-state index < -0.39 is 30.5 Å². The number of rotatable bonds is 6. The van der Waals surface area contributed by atoms with E-state index >= 15 is 0 Å². The highest BCUT2D eigenvalue weighted by Gasteiger charge is 2.43. The Bertz CT molecular complexity index is 1470. The Balaban J connectivity index is 1.45. The van der Waals surface area contributed by atoms with Crippen LogP contribution in [-0.4, -0.2) is 33.1 Å². The van der Waals surface area contributed by atoms with E-state index in [2.05, 4.69) is 4.98 Å². The summed E-state index contributed by atoms with van der Waals surface area (Å²) in [5, 5.41) is 0. The smallest absolute Gasteiger partial charge is 0.369 e. The lowest BCUT2D eigenvalue weighted by molar-refractivity contribution is -0.161. The number of nitrogens with two attached hydrogens (primary N) is 1. The number of nitrogens with zero attached hydrogens (tertiary/aromatic N) is 3. The third-order valence-electron chi connectivity index (χ3n) is 7.11. The zero-order chi connectivity index (χ0) is 27.6. The van der Waals surface area contributed by atoms with Crippen molar-refractivity contribution in [1.29, 1.82) is 0 Å². The fourth-order valence-corrected chi connectivity index (χ4v) is 5.16. The first kappa shape index (κ1) is 26.2. The fourth-order valence-electron chi connectivity index (χ4n) is 5.16. The third-order valence-corrected chi connectivity index (χ3v) is 7.11. The standard InChI is InChI=1S/C30H27F3N4O2/c31-30(32,33)24(20-10-4-1-5-11-20)18-26(38)36-17-16-23-25(19-36)35-29(34)37(28(23)39)27(21-12-6-2-7-13-21)22-14-8-3-9-15-22/h1-15,24,27H,16-19H2,(H2,34,35). The Kier molecular flexibility index (Phi) is 7.24. The van der Waals surface area contributed by atoms with Gasteiger partial charge in [0, 0.05) is 18.5 Å².